The molecular formula is C51H29N3S3. The maximum atomic E-state index is 5.12. The maximum Gasteiger partial charge on any atom is 0.165 e. The Hall–Kier alpha value is -6.57. The number of aromatic nitrogens is 3. The quantitative estimate of drug-likeness (QED) is 0.175. The van der Waals surface area contributed by atoms with Crippen LogP contribution in [0.5, 0.6) is 0 Å². The highest BCUT2D eigenvalue weighted by atomic mass is 32.1. The van der Waals surface area contributed by atoms with Crippen LogP contribution in [0.15, 0.2) is 176 Å². The van der Waals surface area contributed by atoms with Gasteiger partial charge >= 0.3 is 0 Å². The second kappa shape index (κ2) is 13.0. The standard InChI is InChI=1S/C51H29N3S3/c1-3-14-30(15-4-1)49-52-50(31-16-5-2-6-17-31)54-51(53-49)40-26-11-24-37-36-23-9-21-34(46(36)57-48(37)40)33-20-13-29-43-45(33)39-25-10-22-35(47(39)56-43)32-19-12-28-42-44(32)38-18-7-8-27-41(38)55-42/h1-29H. The van der Waals surface area contributed by atoms with Gasteiger partial charge in [-0.3, -0.25) is 0 Å². The van der Waals surface area contributed by atoms with Crippen molar-refractivity contribution in [2.75, 3.05) is 0 Å². The number of hydrogen-bond donors (Lipinski definition) is 0. The van der Waals surface area contributed by atoms with Crippen LogP contribution >= 0.6 is 34.0 Å². The number of fused-ring (bicyclic) bond motifs is 9. The van der Waals surface area contributed by atoms with E-state index < -0.39 is 0 Å². The van der Waals surface area contributed by atoms with Crippen LogP contribution in [-0.2, 0) is 0 Å². The molecule has 0 N–H and O–H groups in total. The van der Waals surface area contributed by atoms with E-state index in [1.165, 1.54) is 82.8 Å². The van der Waals surface area contributed by atoms with Crippen molar-refractivity contribution in [1.82, 2.24) is 15.0 Å². The lowest BCUT2D eigenvalue weighted by Gasteiger charge is -2.09. The second-order valence-electron chi connectivity index (χ2n) is 14.2. The van der Waals surface area contributed by atoms with Gasteiger partial charge in [-0.15, -0.1) is 34.0 Å². The van der Waals surface area contributed by atoms with E-state index in [-0.39, 0.29) is 0 Å². The molecular weight excluding hydrogens is 751 g/mol. The van der Waals surface area contributed by atoms with Gasteiger partial charge in [0.15, 0.2) is 17.5 Å². The lowest BCUT2D eigenvalue weighted by Crippen LogP contribution is -2.00. The summed E-state index contributed by atoms with van der Waals surface area (Å²) < 4.78 is 7.71. The molecule has 0 aliphatic carbocycles. The van der Waals surface area contributed by atoms with Crippen molar-refractivity contribution in [3.63, 3.8) is 0 Å². The Labute approximate surface area is 339 Å². The Kier molecular flexibility index (Phi) is 7.45. The van der Waals surface area contributed by atoms with Gasteiger partial charge in [0, 0.05) is 88.3 Å². The van der Waals surface area contributed by atoms with Crippen molar-refractivity contribution in [2.24, 2.45) is 0 Å². The van der Waals surface area contributed by atoms with Gasteiger partial charge in [0.2, 0.25) is 0 Å². The zero-order valence-electron chi connectivity index (χ0n) is 30.3. The summed E-state index contributed by atoms with van der Waals surface area (Å²) in [6, 6.07) is 62.9. The smallest absolute Gasteiger partial charge is 0.165 e. The minimum absolute atomic E-state index is 0.664. The number of hydrogen-bond acceptors (Lipinski definition) is 6. The highest BCUT2D eigenvalue weighted by Crippen LogP contribution is 2.49. The molecule has 6 heteroatoms. The molecule has 8 aromatic carbocycles. The second-order valence-corrected chi connectivity index (χ2v) is 17.4. The number of rotatable bonds is 5. The first-order valence-electron chi connectivity index (χ1n) is 18.9. The predicted molar refractivity (Wildman–Crippen MR) is 246 cm³/mol. The lowest BCUT2D eigenvalue weighted by molar-refractivity contribution is 1.08. The fourth-order valence-corrected chi connectivity index (χ4v) is 12.1. The van der Waals surface area contributed by atoms with Crippen LogP contribution in [0.3, 0.4) is 0 Å². The monoisotopic (exact) mass is 779 g/mol. The van der Waals surface area contributed by atoms with Crippen LogP contribution in [-0.4, -0.2) is 15.0 Å². The average molecular weight is 780 g/mol. The molecule has 266 valence electrons. The summed E-state index contributed by atoms with van der Waals surface area (Å²) in [7, 11) is 0. The molecule has 12 rings (SSSR count). The zero-order valence-corrected chi connectivity index (χ0v) is 32.8. The summed E-state index contributed by atoms with van der Waals surface area (Å²) in [5.74, 6) is 2.00. The van der Waals surface area contributed by atoms with Crippen LogP contribution < -0.4 is 0 Å². The summed E-state index contributed by atoms with van der Waals surface area (Å²) in [5.41, 5.74) is 8.02. The third-order valence-electron chi connectivity index (χ3n) is 11.0. The van der Waals surface area contributed by atoms with Crippen LogP contribution in [0.4, 0.5) is 0 Å². The molecule has 3 nitrogen and oxygen atoms in total. The van der Waals surface area contributed by atoms with Crippen LogP contribution in [0.1, 0.15) is 0 Å². The van der Waals surface area contributed by atoms with Gasteiger partial charge in [-0.25, -0.2) is 15.0 Å². The third-order valence-corrected chi connectivity index (χ3v) is 14.6. The number of thiophene rings is 3. The van der Waals surface area contributed by atoms with E-state index in [1.807, 2.05) is 70.4 Å². The summed E-state index contributed by atoms with van der Waals surface area (Å²) in [6.07, 6.45) is 0. The van der Waals surface area contributed by atoms with Gasteiger partial charge in [-0.2, -0.15) is 0 Å². The first kappa shape index (κ1) is 32.7. The van der Waals surface area contributed by atoms with E-state index in [4.69, 9.17) is 15.0 Å². The Balaban J connectivity index is 1.06. The Morgan fingerprint density at radius 3 is 1.33 bits per heavy atom. The van der Waals surface area contributed by atoms with Gasteiger partial charge in [0.1, 0.15) is 0 Å². The number of benzene rings is 8. The Morgan fingerprint density at radius 1 is 0.263 bits per heavy atom. The minimum Gasteiger partial charge on any atom is -0.208 e. The highest BCUT2D eigenvalue weighted by molar-refractivity contribution is 7.27. The molecule has 0 atom stereocenters. The molecule has 4 heterocycles. The molecule has 0 saturated heterocycles. The summed E-state index contributed by atoms with van der Waals surface area (Å²) in [4.78, 5) is 15.2. The molecule has 0 unspecified atom stereocenters. The SMILES string of the molecule is c1ccc(-c2nc(-c3ccccc3)nc(-c3cccc4c3sc3c(-c5cccc6sc7c(-c8cccc9sc%10ccccc%10c89)cccc7c56)cccc34)n2)cc1. The summed E-state index contributed by atoms with van der Waals surface area (Å²) in [5, 5.41) is 7.72. The first-order valence-corrected chi connectivity index (χ1v) is 21.4. The summed E-state index contributed by atoms with van der Waals surface area (Å²) in [6.45, 7) is 0. The Bertz CT molecular complexity index is 3470. The van der Waals surface area contributed by atoms with Crippen LogP contribution in [0, 0.1) is 0 Å². The molecule has 4 aromatic heterocycles. The fraction of sp³-hybridized carbons (Fsp3) is 0. The Morgan fingerprint density at radius 2 is 0.684 bits per heavy atom. The van der Waals surface area contributed by atoms with Gasteiger partial charge in [0.05, 0.1) is 0 Å². The van der Waals surface area contributed by atoms with Crippen molar-refractivity contribution in [3.05, 3.63) is 176 Å². The molecule has 0 saturated carbocycles. The predicted octanol–water partition coefficient (Wildman–Crippen LogP) is 15.3. The van der Waals surface area contributed by atoms with E-state index in [9.17, 15) is 0 Å². The third kappa shape index (κ3) is 5.19. The van der Waals surface area contributed by atoms with E-state index in [0.717, 1.165) is 16.7 Å². The van der Waals surface area contributed by atoms with Crippen molar-refractivity contribution >= 4 is 94.5 Å². The van der Waals surface area contributed by atoms with Crippen LogP contribution in [0.25, 0.3) is 117 Å². The molecule has 0 spiro atoms. The molecule has 0 aliphatic rings. The minimum atomic E-state index is 0.664. The number of nitrogens with zero attached hydrogens (tertiary/aromatic N) is 3. The maximum absolute atomic E-state index is 5.12. The van der Waals surface area contributed by atoms with Crippen molar-refractivity contribution in [2.45, 2.75) is 0 Å². The van der Waals surface area contributed by atoms with Crippen molar-refractivity contribution in [1.29, 1.82) is 0 Å². The summed E-state index contributed by atoms with van der Waals surface area (Å²) >= 11 is 5.61. The highest BCUT2D eigenvalue weighted by Gasteiger charge is 2.21. The van der Waals surface area contributed by atoms with E-state index >= 15 is 0 Å². The largest absolute Gasteiger partial charge is 0.208 e. The molecule has 0 fully saturated rings. The first-order chi connectivity index (χ1) is 28.3. The normalized spacial score (nSPS) is 11.9. The molecule has 0 bridgehead atoms. The lowest BCUT2D eigenvalue weighted by atomic mass is 9.95. The molecule has 0 amide bonds. The molecule has 0 aliphatic heterocycles. The van der Waals surface area contributed by atoms with E-state index in [1.54, 1.807) is 0 Å². The van der Waals surface area contributed by atoms with Gasteiger partial charge < -0.3 is 0 Å². The van der Waals surface area contributed by atoms with E-state index in [0.29, 0.717) is 17.5 Å². The topological polar surface area (TPSA) is 38.7 Å². The van der Waals surface area contributed by atoms with Gasteiger partial charge in [-0.1, -0.05) is 152 Å². The van der Waals surface area contributed by atoms with Crippen molar-refractivity contribution < 1.29 is 0 Å². The zero-order chi connectivity index (χ0) is 37.5. The average Bonchev–Trinajstić information content (AvgIpc) is 3.98. The fourth-order valence-electron chi connectivity index (χ4n) is 8.42. The van der Waals surface area contributed by atoms with Crippen molar-refractivity contribution in [3.8, 4) is 56.4 Å². The van der Waals surface area contributed by atoms with Crippen LogP contribution in [0.2, 0.25) is 0 Å². The van der Waals surface area contributed by atoms with Gasteiger partial charge in [-0.05, 0) is 35.4 Å². The molecule has 12 aromatic rings. The molecule has 57 heavy (non-hydrogen) atoms. The van der Waals surface area contributed by atoms with Gasteiger partial charge in [0.25, 0.3) is 0 Å². The van der Waals surface area contributed by atoms with E-state index in [2.05, 4.69) is 140 Å². The molecule has 0 radical (unpaired) electrons.